The quantitative estimate of drug-likeness (QED) is 0.106. The lowest BCUT2D eigenvalue weighted by molar-refractivity contribution is -0.425. The molecule has 0 saturated heterocycles. The molecule has 230 valence electrons. The van der Waals surface area contributed by atoms with E-state index in [0.717, 1.165) is 27.7 Å². The topological polar surface area (TPSA) is 71.1 Å². The van der Waals surface area contributed by atoms with E-state index in [1.165, 1.54) is 0 Å². The van der Waals surface area contributed by atoms with E-state index < -0.39 is 102 Å². The van der Waals surface area contributed by atoms with E-state index in [4.69, 9.17) is 0 Å². The molecule has 0 aromatic rings. The largest absolute Gasteiger partial charge is 0.384 e. The van der Waals surface area contributed by atoms with Gasteiger partial charge in [0.2, 0.25) is 0 Å². The summed E-state index contributed by atoms with van der Waals surface area (Å²) in [6, 6.07) is 0. The lowest BCUT2D eigenvalue weighted by Crippen LogP contribution is -2.70. The Bertz CT molecular complexity index is 768. The van der Waals surface area contributed by atoms with Gasteiger partial charge in [0, 0.05) is 12.8 Å². The second kappa shape index (κ2) is 13.0. The van der Waals surface area contributed by atoms with Crippen molar-refractivity contribution in [1.29, 1.82) is 0 Å². The summed E-state index contributed by atoms with van der Waals surface area (Å²) in [4.78, 5) is 0. The van der Waals surface area contributed by atoms with E-state index in [9.17, 15) is 61.8 Å². The van der Waals surface area contributed by atoms with Crippen molar-refractivity contribution in [3.8, 4) is 0 Å². The average molecular weight is 630 g/mol. The Balaban J connectivity index is 6.22. The van der Waals surface area contributed by atoms with Crippen LogP contribution >= 0.6 is 15.2 Å². The zero-order valence-corrected chi connectivity index (χ0v) is 22.3. The summed E-state index contributed by atoms with van der Waals surface area (Å²) in [5.74, 6) is -42.9. The molecule has 0 rings (SSSR count). The van der Waals surface area contributed by atoms with Gasteiger partial charge in [0.25, 0.3) is 0 Å². The number of rotatable bonds is 19. The molecule has 0 aliphatic rings. The Morgan fingerprint density at radius 3 is 0.842 bits per heavy atom. The molecule has 0 atom stereocenters. The van der Waals surface area contributed by atoms with Gasteiger partial charge in [0.15, 0.2) is 0 Å². The molecule has 0 aliphatic heterocycles. The van der Waals surface area contributed by atoms with Crippen LogP contribution in [0.5, 0.6) is 0 Å². The van der Waals surface area contributed by atoms with Crippen LogP contribution < -0.4 is 0 Å². The summed E-state index contributed by atoms with van der Waals surface area (Å²) in [5.41, 5.74) is 0. The van der Waals surface area contributed by atoms with Gasteiger partial charge in [-0.3, -0.25) is 9.13 Å². The van der Waals surface area contributed by atoms with Crippen LogP contribution in [-0.2, 0) is 27.2 Å². The van der Waals surface area contributed by atoms with Crippen LogP contribution in [0.15, 0.2) is 0 Å². The Morgan fingerprint density at radius 2 is 0.658 bits per heavy atom. The van der Waals surface area contributed by atoms with E-state index in [1.54, 1.807) is 0 Å². The van der Waals surface area contributed by atoms with E-state index in [0.29, 0.717) is 0 Å². The monoisotopic (exact) mass is 630 g/mol. The van der Waals surface area contributed by atoms with Crippen LogP contribution in [-0.4, -0.2) is 74.3 Å². The molecule has 0 bridgehead atoms. The van der Waals surface area contributed by atoms with E-state index in [1.807, 2.05) is 0 Å². The van der Waals surface area contributed by atoms with Crippen molar-refractivity contribution >= 4 is 15.2 Å². The van der Waals surface area contributed by atoms with Gasteiger partial charge in [-0.2, -0.15) is 52.7 Å². The fraction of sp³-hybridized carbons (Fsp3) is 1.00. The molecule has 38 heavy (non-hydrogen) atoms. The minimum Gasteiger partial charge on any atom is -0.309 e. The van der Waals surface area contributed by atoms with Crippen molar-refractivity contribution in [1.82, 2.24) is 0 Å². The fourth-order valence-electron chi connectivity index (χ4n) is 2.84. The van der Waals surface area contributed by atoms with Gasteiger partial charge in [0.1, 0.15) is 0 Å². The third-order valence-electron chi connectivity index (χ3n) is 4.80. The van der Waals surface area contributed by atoms with Crippen LogP contribution in [0.2, 0.25) is 0 Å². The van der Waals surface area contributed by atoms with E-state index >= 15 is 0 Å². The highest BCUT2D eigenvalue weighted by atomic mass is 31.2. The Hall–Kier alpha value is -0.540. The minimum absolute atomic E-state index is 0.506. The summed E-state index contributed by atoms with van der Waals surface area (Å²) >= 11 is 0. The van der Waals surface area contributed by atoms with Crippen LogP contribution in [0.4, 0.5) is 52.7 Å². The Morgan fingerprint density at radius 1 is 0.447 bits per heavy atom. The van der Waals surface area contributed by atoms with Crippen molar-refractivity contribution in [2.75, 3.05) is 38.8 Å². The standard InChI is InChI=1S/C18H28F12O6P2/c1-5-33-37(31,34-6-2)11-9-13(19,20)15(23,24)17(27,28)18(29,30)16(25,26)14(21,22)10-12-38(32,35-7-3)36-8-4/h5-12H2,1-4H3. The predicted molar refractivity (Wildman–Crippen MR) is 110 cm³/mol. The minimum atomic E-state index is -7.79. The van der Waals surface area contributed by atoms with Crippen molar-refractivity contribution < 1.29 is 79.9 Å². The van der Waals surface area contributed by atoms with Crippen molar-refractivity contribution in [2.45, 2.75) is 76.1 Å². The van der Waals surface area contributed by atoms with Gasteiger partial charge < -0.3 is 18.1 Å². The van der Waals surface area contributed by atoms with Gasteiger partial charge in [-0.25, -0.2) is 0 Å². The van der Waals surface area contributed by atoms with Crippen LogP contribution in [0, 0.1) is 0 Å². The summed E-state index contributed by atoms with van der Waals surface area (Å²) in [7, 11) is -9.28. The number of hydrogen-bond donors (Lipinski definition) is 0. The first-order chi connectivity index (χ1) is 16.9. The lowest BCUT2D eigenvalue weighted by atomic mass is 9.90. The molecule has 0 heterocycles. The molecule has 0 N–H and O–H groups in total. The molecule has 0 spiro atoms. The third kappa shape index (κ3) is 7.59. The highest BCUT2D eigenvalue weighted by molar-refractivity contribution is 7.54. The molecular weight excluding hydrogens is 602 g/mol. The summed E-state index contributed by atoms with van der Waals surface area (Å²) in [5, 5.41) is 0. The zero-order valence-electron chi connectivity index (χ0n) is 20.5. The number of halogens is 12. The van der Waals surface area contributed by atoms with Gasteiger partial charge in [-0.1, -0.05) is 0 Å². The molecular formula is C18H28F12O6P2. The maximum Gasteiger partial charge on any atom is 0.384 e. The van der Waals surface area contributed by atoms with Crippen LogP contribution in [0.1, 0.15) is 40.5 Å². The normalized spacial score (nSPS) is 15.3. The van der Waals surface area contributed by atoms with Crippen molar-refractivity contribution in [2.24, 2.45) is 0 Å². The molecule has 0 aromatic heterocycles. The van der Waals surface area contributed by atoms with Gasteiger partial charge in [0.05, 0.1) is 38.8 Å². The predicted octanol–water partition coefficient (Wildman–Crippen LogP) is 8.11. The van der Waals surface area contributed by atoms with Gasteiger partial charge in [-0.15, -0.1) is 0 Å². The van der Waals surface area contributed by atoms with Gasteiger partial charge >= 0.3 is 50.7 Å². The second-order valence-corrected chi connectivity index (χ2v) is 11.9. The molecule has 0 aromatic carbocycles. The molecule has 0 unspecified atom stereocenters. The summed E-state index contributed by atoms with van der Waals surface area (Å²) < 4.78 is 211. The molecule has 0 saturated carbocycles. The first kappa shape index (κ1) is 37.5. The van der Waals surface area contributed by atoms with Crippen molar-refractivity contribution in [3.63, 3.8) is 0 Å². The smallest absolute Gasteiger partial charge is 0.309 e. The fourth-order valence-corrected chi connectivity index (χ4v) is 6.19. The highest BCUT2D eigenvalue weighted by Crippen LogP contribution is 2.62. The Labute approximate surface area is 210 Å². The number of hydrogen-bond acceptors (Lipinski definition) is 6. The summed E-state index contributed by atoms with van der Waals surface area (Å²) in [6.07, 6.45) is -8.68. The molecule has 6 nitrogen and oxygen atoms in total. The molecule has 20 heteroatoms. The number of alkyl halides is 12. The van der Waals surface area contributed by atoms with E-state index in [2.05, 4.69) is 18.1 Å². The van der Waals surface area contributed by atoms with Gasteiger partial charge in [-0.05, 0) is 27.7 Å². The third-order valence-corrected chi connectivity index (χ3v) is 8.95. The lowest BCUT2D eigenvalue weighted by Gasteiger charge is -2.41. The molecule has 0 radical (unpaired) electrons. The van der Waals surface area contributed by atoms with Crippen LogP contribution in [0.3, 0.4) is 0 Å². The second-order valence-electron chi connectivity index (χ2n) is 7.55. The van der Waals surface area contributed by atoms with E-state index in [-0.39, 0.29) is 0 Å². The average Bonchev–Trinajstić information content (AvgIpc) is 2.77. The SMILES string of the molecule is CCOP(=O)(CCC(F)(F)C(F)(F)C(F)(F)C(F)(F)C(F)(F)C(F)(F)CCP(=O)(OCC)OCC)OCC. The van der Waals surface area contributed by atoms with Crippen molar-refractivity contribution in [3.05, 3.63) is 0 Å². The highest BCUT2D eigenvalue weighted by Gasteiger charge is 2.89. The first-order valence-electron chi connectivity index (χ1n) is 10.9. The summed E-state index contributed by atoms with van der Waals surface area (Å²) in [6.45, 7) is 2.58. The maximum atomic E-state index is 14.1. The molecule has 0 amide bonds. The first-order valence-corrected chi connectivity index (χ1v) is 14.4. The molecule has 0 fully saturated rings. The van der Waals surface area contributed by atoms with Crippen LogP contribution in [0.25, 0.3) is 0 Å². The zero-order chi connectivity index (χ0) is 30.5. The molecule has 0 aliphatic carbocycles. The maximum absolute atomic E-state index is 14.1. The Kier molecular flexibility index (Phi) is 12.8.